The van der Waals surface area contributed by atoms with Crippen molar-refractivity contribution in [1.29, 1.82) is 0 Å². The van der Waals surface area contributed by atoms with Crippen molar-refractivity contribution >= 4 is 34.8 Å². The summed E-state index contributed by atoms with van der Waals surface area (Å²) in [6.07, 6.45) is 0. The van der Waals surface area contributed by atoms with Crippen molar-refractivity contribution < 1.29 is 24.1 Å². The average Bonchev–Trinajstić information content (AvgIpc) is 3.23. The molecule has 2 aromatic heterocycles. The molecule has 3 aromatic rings. The SMILES string of the molecule is O=C(Nc1onc(-c2cccs2)c1C(=O)O)c1ccc([N+](=O)[O-])cc1. The molecule has 0 saturated heterocycles. The van der Waals surface area contributed by atoms with Crippen molar-refractivity contribution in [3.63, 3.8) is 0 Å². The van der Waals surface area contributed by atoms with Gasteiger partial charge in [0.2, 0.25) is 5.88 Å². The maximum Gasteiger partial charge on any atom is 0.343 e. The number of nitro benzene ring substituents is 1. The van der Waals surface area contributed by atoms with Crippen molar-refractivity contribution in [2.45, 2.75) is 0 Å². The zero-order valence-corrected chi connectivity index (χ0v) is 13.1. The molecule has 0 atom stereocenters. The van der Waals surface area contributed by atoms with Crippen LogP contribution < -0.4 is 5.32 Å². The molecule has 0 spiro atoms. The van der Waals surface area contributed by atoms with E-state index >= 15 is 0 Å². The van der Waals surface area contributed by atoms with Gasteiger partial charge in [0, 0.05) is 17.7 Å². The van der Waals surface area contributed by atoms with Crippen LogP contribution in [0.15, 0.2) is 46.3 Å². The molecular weight excluding hydrogens is 350 g/mol. The maximum absolute atomic E-state index is 12.2. The molecule has 0 saturated carbocycles. The first kappa shape index (κ1) is 16.3. The minimum atomic E-state index is -1.30. The monoisotopic (exact) mass is 359 g/mol. The average molecular weight is 359 g/mol. The highest BCUT2D eigenvalue weighted by atomic mass is 32.1. The van der Waals surface area contributed by atoms with Crippen molar-refractivity contribution in [2.75, 3.05) is 5.32 Å². The van der Waals surface area contributed by atoms with Gasteiger partial charge in [-0.15, -0.1) is 11.3 Å². The Kier molecular flexibility index (Phi) is 4.27. The number of hydrogen-bond donors (Lipinski definition) is 2. The van der Waals surface area contributed by atoms with Gasteiger partial charge in [-0.25, -0.2) is 4.79 Å². The lowest BCUT2D eigenvalue weighted by Crippen LogP contribution is -2.14. The zero-order valence-electron chi connectivity index (χ0n) is 12.3. The molecule has 0 aliphatic carbocycles. The first-order valence-corrected chi connectivity index (χ1v) is 7.68. The zero-order chi connectivity index (χ0) is 18.0. The van der Waals surface area contributed by atoms with Crippen molar-refractivity contribution in [2.24, 2.45) is 0 Å². The van der Waals surface area contributed by atoms with Crippen LogP contribution in [0.3, 0.4) is 0 Å². The van der Waals surface area contributed by atoms with Crippen LogP contribution in [0.25, 0.3) is 10.6 Å². The van der Waals surface area contributed by atoms with Crippen LogP contribution in [0.4, 0.5) is 11.6 Å². The lowest BCUT2D eigenvalue weighted by atomic mass is 10.1. The number of carbonyl (C=O) groups is 2. The number of aromatic carboxylic acids is 1. The molecule has 2 N–H and O–H groups in total. The molecular formula is C15H9N3O6S. The summed E-state index contributed by atoms with van der Waals surface area (Å²) in [5.41, 5.74) is -0.211. The first-order chi connectivity index (χ1) is 12.0. The van der Waals surface area contributed by atoms with Gasteiger partial charge in [-0.2, -0.15) is 0 Å². The second-order valence-electron chi connectivity index (χ2n) is 4.78. The Balaban J connectivity index is 1.89. The molecule has 0 bridgehead atoms. The fraction of sp³-hybridized carbons (Fsp3) is 0. The van der Waals surface area contributed by atoms with E-state index in [4.69, 9.17) is 4.52 Å². The van der Waals surface area contributed by atoms with E-state index in [1.807, 2.05) is 0 Å². The van der Waals surface area contributed by atoms with Gasteiger partial charge < -0.3 is 9.63 Å². The first-order valence-electron chi connectivity index (χ1n) is 6.80. The number of benzene rings is 1. The molecule has 0 radical (unpaired) electrons. The third-order valence-corrected chi connectivity index (χ3v) is 4.10. The van der Waals surface area contributed by atoms with E-state index in [2.05, 4.69) is 10.5 Å². The number of hydrogen-bond acceptors (Lipinski definition) is 7. The van der Waals surface area contributed by atoms with Crippen LogP contribution in [0.1, 0.15) is 20.7 Å². The molecule has 10 heteroatoms. The summed E-state index contributed by atoms with van der Waals surface area (Å²) >= 11 is 1.28. The second-order valence-corrected chi connectivity index (χ2v) is 5.72. The Hall–Kier alpha value is -3.53. The van der Waals surface area contributed by atoms with Gasteiger partial charge in [-0.1, -0.05) is 11.2 Å². The molecule has 126 valence electrons. The normalized spacial score (nSPS) is 10.4. The van der Waals surface area contributed by atoms with E-state index in [1.165, 1.54) is 35.6 Å². The highest BCUT2D eigenvalue weighted by molar-refractivity contribution is 7.13. The number of nitro groups is 1. The number of aromatic nitrogens is 1. The third kappa shape index (κ3) is 3.23. The van der Waals surface area contributed by atoms with Crippen molar-refractivity contribution in [1.82, 2.24) is 5.16 Å². The smallest absolute Gasteiger partial charge is 0.343 e. The number of carboxylic acid groups (broad SMARTS) is 1. The van der Waals surface area contributed by atoms with Crippen molar-refractivity contribution in [3.05, 3.63) is 63.0 Å². The molecule has 0 unspecified atom stereocenters. The van der Waals surface area contributed by atoms with Crippen molar-refractivity contribution in [3.8, 4) is 10.6 Å². The lowest BCUT2D eigenvalue weighted by molar-refractivity contribution is -0.384. The Morgan fingerprint density at radius 3 is 2.52 bits per heavy atom. The van der Waals surface area contributed by atoms with E-state index in [-0.39, 0.29) is 28.4 Å². The summed E-state index contributed by atoms with van der Waals surface area (Å²) in [7, 11) is 0. The van der Waals surface area contributed by atoms with Gasteiger partial charge in [-0.05, 0) is 23.6 Å². The molecule has 0 fully saturated rings. The minimum Gasteiger partial charge on any atom is -0.477 e. The number of carboxylic acids is 1. The van der Waals surface area contributed by atoms with E-state index < -0.39 is 16.8 Å². The topological polar surface area (TPSA) is 136 Å². The quantitative estimate of drug-likeness (QED) is 0.527. The van der Waals surface area contributed by atoms with Gasteiger partial charge in [0.05, 0.1) is 9.80 Å². The van der Waals surface area contributed by atoms with Gasteiger partial charge >= 0.3 is 5.97 Å². The molecule has 1 aromatic carbocycles. The largest absolute Gasteiger partial charge is 0.477 e. The fourth-order valence-electron chi connectivity index (χ4n) is 2.07. The summed E-state index contributed by atoms with van der Waals surface area (Å²) in [6, 6.07) is 8.26. The highest BCUT2D eigenvalue weighted by Crippen LogP contribution is 2.32. The summed E-state index contributed by atoms with van der Waals surface area (Å²) in [4.78, 5) is 34.3. The molecule has 0 aliphatic heterocycles. The van der Waals surface area contributed by atoms with Gasteiger partial charge in [0.15, 0.2) is 5.56 Å². The van der Waals surface area contributed by atoms with Gasteiger partial charge in [0.25, 0.3) is 11.6 Å². The van der Waals surface area contributed by atoms with Crippen LogP contribution in [-0.4, -0.2) is 27.1 Å². The summed E-state index contributed by atoms with van der Waals surface area (Å²) in [5.74, 6) is -2.28. The van der Waals surface area contributed by atoms with E-state index in [9.17, 15) is 24.8 Å². The summed E-state index contributed by atoms with van der Waals surface area (Å²) < 4.78 is 4.97. The standard InChI is InChI=1S/C15H9N3O6S/c19-13(8-3-5-9(6-4-8)18(22)23)16-14-11(15(20)21)12(17-24-14)10-2-1-7-25-10/h1-7H,(H,16,19)(H,20,21). The number of carbonyl (C=O) groups excluding carboxylic acids is 1. The molecule has 0 aliphatic rings. The third-order valence-electron chi connectivity index (χ3n) is 3.23. The Labute approximate surface area is 143 Å². The molecule has 2 heterocycles. The van der Waals surface area contributed by atoms with Crippen LogP contribution in [0, 0.1) is 10.1 Å². The van der Waals surface area contributed by atoms with Crippen LogP contribution >= 0.6 is 11.3 Å². The molecule has 3 rings (SSSR count). The van der Waals surface area contributed by atoms with Crippen LogP contribution in [-0.2, 0) is 0 Å². The number of nitrogens with zero attached hydrogens (tertiary/aromatic N) is 2. The number of anilines is 1. The van der Waals surface area contributed by atoms with Gasteiger partial charge in [0.1, 0.15) is 5.69 Å². The lowest BCUT2D eigenvalue weighted by Gasteiger charge is -2.02. The number of rotatable bonds is 5. The highest BCUT2D eigenvalue weighted by Gasteiger charge is 2.26. The molecule has 1 amide bonds. The Morgan fingerprint density at radius 2 is 1.96 bits per heavy atom. The van der Waals surface area contributed by atoms with Crippen LogP contribution in [0.2, 0.25) is 0 Å². The predicted molar refractivity (Wildman–Crippen MR) is 87.8 cm³/mol. The second kappa shape index (κ2) is 6.53. The molecule has 9 nitrogen and oxygen atoms in total. The van der Waals surface area contributed by atoms with E-state index in [0.29, 0.717) is 4.88 Å². The van der Waals surface area contributed by atoms with Crippen LogP contribution in [0.5, 0.6) is 0 Å². The van der Waals surface area contributed by atoms with E-state index in [1.54, 1.807) is 17.5 Å². The number of nitrogens with one attached hydrogen (secondary N) is 1. The number of non-ortho nitro benzene ring substituents is 1. The Bertz CT molecular complexity index is 946. The number of amides is 1. The van der Waals surface area contributed by atoms with Gasteiger partial charge in [-0.3, -0.25) is 20.2 Å². The van der Waals surface area contributed by atoms with E-state index in [0.717, 1.165) is 0 Å². The Morgan fingerprint density at radius 1 is 1.24 bits per heavy atom. The predicted octanol–water partition coefficient (Wildman–Crippen LogP) is 3.26. The number of thiophene rings is 1. The molecule has 25 heavy (non-hydrogen) atoms. The summed E-state index contributed by atoms with van der Waals surface area (Å²) in [5, 5.41) is 27.8. The maximum atomic E-state index is 12.2. The minimum absolute atomic E-state index is 0.107. The fourth-order valence-corrected chi connectivity index (χ4v) is 2.78. The summed E-state index contributed by atoms with van der Waals surface area (Å²) in [6.45, 7) is 0.